The van der Waals surface area contributed by atoms with Crippen molar-refractivity contribution in [1.82, 2.24) is 9.97 Å². The fourth-order valence-corrected chi connectivity index (χ4v) is 2.02. The van der Waals surface area contributed by atoms with Gasteiger partial charge in [-0.25, -0.2) is 4.98 Å². The molecule has 0 fully saturated rings. The summed E-state index contributed by atoms with van der Waals surface area (Å²) in [6.45, 7) is 0.101. The second kappa shape index (κ2) is 5.60. The van der Waals surface area contributed by atoms with Gasteiger partial charge in [-0.05, 0) is 24.3 Å². The number of nitrogens with zero attached hydrogens (tertiary/aromatic N) is 1. The number of hydrogen-bond donors (Lipinski definition) is 2. The minimum absolute atomic E-state index is 0.101. The number of imidazole rings is 1. The van der Waals surface area contributed by atoms with E-state index in [1.54, 1.807) is 0 Å². The lowest BCUT2D eigenvalue weighted by atomic mass is 10.1. The molecule has 3 rings (SSSR count). The number of benzene rings is 2. The van der Waals surface area contributed by atoms with Gasteiger partial charge in [0.2, 0.25) is 0 Å². The van der Waals surface area contributed by atoms with Crippen molar-refractivity contribution >= 4 is 11.0 Å². The molecule has 1 heterocycles. The van der Waals surface area contributed by atoms with Gasteiger partial charge >= 0.3 is 0 Å². The molecule has 0 amide bonds. The third-order valence-corrected chi connectivity index (χ3v) is 3.02. The van der Waals surface area contributed by atoms with E-state index in [1.165, 1.54) is 0 Å². The summed E-state index contributed by atoms with van der Waals surface area (Å²) in [4.78, 5) is 7.87. The van der Waals surface area contributed by atoms with Crippen LogP contribution in [0.5, 0.6) is 0 Å². The number of aliphatic hydroxyl groups is 1. The van der Waals surface area contributed by atoms with Crippen LogP contribution in [0.3, 0.4) is 0 Å². The third-order valence-electron chi connectivity index (χ3n) is 3.02. The van der Waals surface area contributed by atoms with Crippen LogP contribution >= 0.6 is 0 Å². The first-order chi connectivity index (χ1) is 9.86. The van der Waals surface area contributed by atoms with Gasteiger partial charge in [-0.1, -0.05) is 36.1 Å². The summed E-state index contributed by atoms with van der Waals surface area (Å²) in [5.74, 6) is 6.78. The highest BCUT2D eigenvalue weighted by molar-refractivity contribution is 5.79. The van der Waals surface area contributed by atoms with E-state index in [1.807, 2.05) is 48.5 Å². The first kappa shape index (κ1) is 12.5. The van der Waals surface area contributed by atoms with Crippen LogP contribution in [0.2, 0.25) is 0 Å². The molecule has 0 radical (unpaired) electrons. The van der Waals surface area contributed by atoms with E-state index < -0.39 is 0 Å². The summed E-state index contributed by atoms with van der Waals surface area (Å²) >= 11 is 0. The Morgan fingerprint density at radius 2 is 1.85 bits per heavy atom. The Labute approximate surface area is 117 Å². The lowest BCUT2D eigenvalue weighted by molar-refractivity contribution is 0.305. The first-order valence-corrected chi connectivity index (χ1v) is 6.52. The Hall–Kier alpha value is -2.57. The highest BCUT2D eigenvalue weighted by Crippen LogP contribution is 2.20. The zero-order valence-electron chi connectivity index (χ0n) is 10.9. The zero-order valence-corrected chi connectivity index (χ0v) is 10.9. The van der Waals surface area contributed by atoms with E-state index in [4.69, 9.17) is 5.11 Å². The average Bonchev–Trinajstić information content (AvgIpc) is 2.92. The molecule has 1 aromatic heterocycles. The van der Waals surface area contributed by atoms with Crippen molar-refractivity contribution in [2.24, 2.45) is 0 Å². The topological polar surface area (TPSA) is 48.9 Å². The van der Waals surface area contributed by atoms with Crippen molar-refractivity contribution < 1.29 is 5.11 Å². The smallest absolute Gasteiger partial charge is 0.138 e. The second-order valence-corrected chi connectivity index (χ2v) is 4.46. The molecule has 2 N–H and O–H groups in total. The lowest BCUT2D eigenvalue weighted by Gasteiger charge is -1.96. The molecule has 3 heteroatoms. The van der Waals surface area contributed by atoms with Crippen LogP contribution in [-0.2, 0) is 0 Å². The molecule has 0 aliphatic heterocycles. The number of aromatic amines is 1. The Balaban J connectivity index is 1.89. The second-order valence-electron chi connectivity index (χ2n) is 4.46. The zero-order chi connectivity index (χ0) is 13.8. The van der Waals surface area contributed by atoms with Crippen LogP contribution in [0.4, 0.5) is 0 Å². The molecular formula is C17H14N2O. The van der Waals surface area contributed by atoms with E-state index in [0.717, 1.165) is 28.0 Å². The maximum absolute atomic E-state index is 8.69. The van der Waals surface area contributed by atoms with E-state index in [0.29, 0.717) is 6.42 Å². The number of aromatic nitrogens is 2. The van der Waals surface area contributed by atoms with E-state index in [9.17, 15) is 0 Å². The van der Waals surface area contributed by atoms with Crippen LogP contribution in [0, 0.1) is 11.8 Å². The van der Waals surface area contributed by atoms with Crippen LogP contribution in [-0.4, -0.2) is 21.7 Å². The largest absolute Gasteiger partial charge is 0.395 e. The highest BCUT2D eigenvalue weighted by atomic mass is 16.2. The minimum Gasteiger partial charge on any atom is -0.395 e. The fourth-order valence-electron chi connectivity index (χ4n) is 2.02. The molecule has 98 valence electrons. The molecular weight excluding hydrogens is 248 g/mol. The summed E-state index contributed by atoms with van der Waals surface area (Å²) in [6.07, 6.45) is 0.505. The Morgan fingerprint density at radius 3 is 2.60 bits per heavy atom. The summed E-state index contributed by atoms with van der Waals surface area (Å²) in [5, 5.41) is 8.69. The standard InChI is InChI=1S/C17H14N2O/c20-12-4-3-5-13-8-10-14(11-9-13)17-18-15-6-1-2-7-16(15)19-17/h1-2,6-11,20H,4,12H2,(H,18,19). The molecule has 0 unspecified atom stereocenters. The van der Waals surface area contributed by atoms with Gasteiger partial charge in [0, 0.05) is 17.5 Å². The van der Waals surface area contributed by atoms with Crippen molar-refractivity contribution in [3.05, 3.63) is 54.1 Å². The number of rotatable bonds is 2. The fraction of sp³-hybridized carbons (Fsp3) is 0.118. The van der Waals surface area contributed by atoms with Crippen LogP contribution in [0.15, 0.2) is 48.5 Å². The van der Waals surface area contributed by atoms with E-state index in [2.05, 4.69) is 21.8 Å². The predicted molar refractivity (Wildman–Crippen MR) is 80.1 cm³/mol. The molecule has 3 nitrogen and oxygen atoms in total. The molecule has 0 spiro atoms. The summed E-state index contributed by atoms with van der Waals surface area (Å²) in [6, 6.07) is 15.9. The summed E-state index contributed by atoms with van der Waals surface area (Å²) in [5.41, 5.74) is 3.98. The van der Waals surface area contributed by atoms with Crippen LogP contribution in [0.1, 0.15) is 12.0 Å². The quantitative estimate of drug-likeness (QED) is 0.697. The molecule has 0 saturated carbocycles. The lowest BCUT2D eigenvalue weighted by Crippen LogP contribution is -1.82. The van der Waals surface area contributed by atoms with Crippen molar-refractivity contribution in [2.45, 2.75) is 6.42 Å². The Kier molecular flexibility index (Phi) is 3.49. The van der Waals surface area contributed by atoms with Gasteiger partial charge in [-0.3, -0.25) is 0 Å². The Morgan fingerprint density at radius 1 is 1.05 bits per heavy atom. The van der Waals surface area contributed by atoms with E-state index in [-0.39, 0.29) is 6.61 Å². The number of nitrogens with one attached hydrogen (secondary N) is 1. The first-order valence-electron chi connectivity index (χ1n) is 6.52. The van der Waals surface area contributed by atoms with Gasteiger partial charge in [-0.15, -0.1) is 0 Å². The number of hydrogen-bond acceptors (Lipinski definition) is 2. The summed E-state index contributed by atoms with van der Waals surface area (Å²) in [7, 11) is 0. The maximum atomic E-state index is 8.69. The van der Waals surface area contributed by atoms with Gasteiger partial charge in [-0.2, -0.15) is 0 Å². The van der Waals surface area contributed by atoms with Crippen molar-refractivity contribution in [1.29, 1.82) is 0 Å². The molecule has 0 aliphatic carbocycles. The predicted octanol–water partition coefficient (Wildman–Crippen LogP) is 2.96. The molecule has 0 atom stereocenters. The van der Waals surface area contributed by atoms with Crippen LogP contribution < -0.4 is 0 Å². The third kappa shape index (κ3) is 2.56. The SMILES string of the molecule is OCCC#Cc1ccc(-c2nc3ccccc3[nH]2)cc1. The monoisotopic (exact) mass is 262 g/mol. The number of fused-ring (bicyclic) bond motifs is 1. The normalized spacial score (nSPS) is 10.2. The number of aliphatic hydroxyl groups excluding tert-OH is 1. The van der Waals surface area contributed by atoms with Gasteiger partial charge in [0.25, 0.3) is 0 Å². The van der Waals surface area contributed by atoms with Crippen molar-refractivity contribution in [3.8, 4) is 23.2 Å². The van der Waals surface area contributed by atoms with Crippen LogP contribution in [0.25, 0.3) is 22.4 Å². The average molecular weight is 262 g/mol. The molecule has 0 bridgehead atoms. The minimum atomic E-state index is 0.101. The number of para-hydroxylation sites is 2. The molecule has 0 saturated heterocycles. The Bertz CT molecular complexity index is 743. The van der Waals surface area contributed by atoms with E-state index >= 15 is 0 Å². The summed E-state index contributed by atoms with van der Waals surface area (Å²) < 4.78 is 0. The van der Waals surface area contributed by atoms with Crippen molar-refractivity contribution in [2.75, 3.05) is 6.61 Å². The van der Waals surface area contributed by atoms with Gasteiger partial charge in [0.05, 0.1) is 17.6 Å². The van der Waals surface area contributed by atoms with Gasteiger partial charge in [0.1, 0.15) is 5.82 Å². The molecule has 0 aliphatic rings. The maximum Gasteiger partial charge on any atom is 0.138 e. The molecule has 2 aromatic carbocycles. The van der Waals surface area contributed by atoms with Gasteiger partial charge in [0.15, 0.2) is 0 Å². The number of H-pyrrole nitrogens is 1. The highest BCUT2D eigenvalue weighted by Gasteiger charge is 2.03. The van der Waals surface area contributed by atoms with Gasteiger partial charge < -0.3 is 10.1 Å². The molecule has 20 heavy (non-hydrogen) atoms. The molecule has 3 aromatic rings. The van der Waals surface area contributed by atoms with Crippen molar-refractivity contribution in [3.63, 3.8) is 0 Å².